The second-order valence-electron chi connectivity index (χ2n) is 6.71. The highest BCUT2D eigenvalue weighted by atomic mass is 35.5. The number of amides is 1. The minimum Gasteiger partial charge on any atom is -0.311 e. The Labute approximate surface area is 151 Å². The van der Waals surface area contributed by atoms with E-state index in [4.69, 9.17) is 11.6 Å². The van der Waals surface area contributed by atoms with Crippen molar-refractivity contribution in [2.45, 2.75) is 31.7 Å². The summed E-state index contributed by atoms with van der Waals surface area (Å²) >= 11 is 6.12. The van der Waals surface area contributed by atoms with E-state index in [-0.39, 0.29) is 29.4 Å². The van der Waals surface area contributed by atoms with Gasteiger partial charge in [0.05, 0.1) is 23.2 Å². The van der Waals surface area contributed by atoms with Gasteiger partial charge in [-0.25, -0.2) is 13.1 Å². The molecule has 6 nitrogen and oxygen atoms in total. The Balaban J connectivity index is 1.81. The number of nitrogens with zero attached hydrogens (tertiary/aromatic N) is 2. The average molecular weight is 380 g/mol. The summed E-state index contributed by atoms with van der Waals surface area (Å²) in [4.78, 5) is 12.3. The maximum Gasteiger partial charge on any atom is 0.226 e. The van der Waals surface area contributed by atoms with E-state index in [0.29, 0.717) is 23.7 Å². The zero-order chi connectivity index (χ0) is 17.8. The zero-order valence-electron chi connectivity index (χ0n) is 13.7. The summed E-state index contributed by atoms with van der Waals surface area (Å²) in [6.07, 6.45) is 0.844. The van der Waals surface area contributed by atoms with E-state index in [1.165, 1.54) is 0 Å². The zero-order valence-corrected chi connectivity index (χ0v) is 15.3. The highest BCUT2D eigenvalue weighted by Gasteiger charge is 2.37. The molecule has 2 aliphatic heterocycles. The summed E-state index contributed by atoms with van der Waals surface area (Å²) in [5.41, 5.74) is 2.72. The Hall–Kier alpha value is -1.86. The van der Waals surface area contributed by atoms with Crippen LogP contribution in [-0.2, 0) is 14.6 Å². The summed E-state index contributed by atoms with van der Waals surface area (Å²) in [6.45, 7) is 1.90. The Morgan fingerprint density at radius 2 is 2.16 bits per heavy atom. The molecule has 2 aromatic rings. The van der Waals surface area contributed by atoms with Crippen LogP contribution in [0.5, 0.6) is 0 Å². The topological polar surface area (TPSA) is 81.1 Å². The van der Waals surface area contributed by atoms with Gasteiger partial charge in [-0.15, -0.1) is 0 Å². The van der Waals surface area contributed by atoms with Crippen molar-refractivity contribution < 1.29 is 13.2 Å². The number of anilines is 1. The molecule has 3 heterocycles. The molecule has 1 fully saturated rings. The fraction of sp³-hybridized carbons (Fsp3) is 0.412. The molecule has 1 saturated heterocycles. The van der Waals surface area contributed by atoms with Gasteiger partial charge in [0, 0.05) is 22.9 Å². The van der Waals surface area contributed by atoms with Crippen LogP contribution in [0.25, 0.3) is 0 Å². The quantitative estimate of drug-likeness (QED) is 0.869. The first-order chi connectivity index (χ1) is 11.8. The minimum atomic E-state index is -3.04. The third-order valence-electron chi connectivity index (χ3n) is 4.93. The predicted octanol–water partition coefficient (Wildman–Crippen LogP) is 2.68. The highest BCUT2D eigenvalue weighted by Crippen LogP contribution is 2.41. The number of halogens is 1. The molecule has 2 atom stereocenters. The first-order valence-electron chi connectivity index (χ1n) is 8.19. The maximum atomic E-state index is 12.3. The number of fused-ring (bicyclic) bond motifs is 1. The molecule has 4 rings (SSSR count). The van der Waals surface area contributed by atoms with E-state index >= 15 is 0 Å². The largest absolute Gasteiger partial charge is 0.311 e. The third-order valence-corrected chi connectivity index (χ3v) is 6.92. The average Bonchev–Trinajstić information content (AvgIpc) is 3.06. The highest BCUT2D eigenvalue weighted by molar-refractivity contribution is 7.91. The summed E-state index contributed by atoms with van der Waals surface area (Å²) in [5, 5.41) is 8.10. The number of hydrogen-bond acceptors (Lipinski definition) is 4. The van der Waals surface area contributed by atoms with Gasteiger partial charge in [-0.3, -0.25) is 4.79 Å². The molecule has 0 unspecified atom stereocenters. The van der Waals surface area contributed by atoms with Crippen molar-refractivity contribution in [3.05, 3.63) is 46.1 Å². The molecule has 8 heteroatoms. The van der Waals surface area contributed by atoms with Gasteiger partial charge in [0.2, 0.25) is 5.91 Å². The van der Waals surface area contributed by atoms with Crippen LogP contribution < -0.4 is 5.32 Å². The van der Waals surface area contributed by atoms with E-state index < -0.39 is 9.84 Å². The molecule has 0 radical (unpaired) electrons. The third kappa shape index (κ3) is 2.95. The fourth-order valence-electron chi connectivity index (χ4n) is 3.81. The van der Waals surface area contributed by atoms with Gasteiger partial charge >= 0.3 is 0 Å². The first-order valence-corrected chi connectivity index (χ1v) is 10.4. The van der Waals surface area contributed by atoms with Crippen molar-refractivity contribution in [2.75, 3.05) is 16.8 Å². The van der Waals surface area contributed by atoms with Crippen molar-refractivity contribution in [3.8, 4) is 0 Å². The second kappa shape index (κ2) is 5.85. The molecule has 0 spiro atoms. The summed E-state index contributed by atoms with van der Waals surface area (Å²) < 4.78 is 25.4. The number of carbonyl (C=O) groups is 1. The molecule has 1 aromatic carbocycles. The monoisotopic (exact) mass is 379 g/mol. The Kier molecular flexibility index (Phi) is 3.88. The van der Waals surface area contributed by atoms with Crippen molar-refractivity contribution in [1.82, 2.24) is 9.78 Å². The van der Waals surface area contributed by atoms with Gasteiger partial charge in [-0.1, -0.05) is 23.7 Å². The van der Waals surface area contributed by atoms with Gasteiger partial charge in [-0.05, 0) is 31.0 Å². The van der Waals surface area contributed by atoms with Crippen molar-refractivity contribution >= 4 is 33.2 Å². The molecule has 132 valence electrons. The Morgan fingerprint density at radius 3 is 2.84 bits per heavy atom. The predicted molar refractivity (Wildman–Crippen MR) is 95.8 cm³/mol. The number of hydrogen-bond donors (Lipinski definition) is 1. The van der Waals surface area contributed by atoms with Gasteiger partial charge < -0.3 is 5.32 Å². The molecule has 1 amide bonds. The summed E-state index contributed by atoms with van der Waals surface area (Å²) in [5.74, 6) is 0.629. The van der Waals surface area contributed by atoms with Crippen LogP contribution in [0.15, 0.2) is 24.3 Å². The molecular weight excluding hydrogens is 362 g/mol. The van der Waals surface area contributed by atoms with E-state index in [9.17, 15) is 13.2 Å². The summed E-state index contributed by atoms with van der Waals surface area (Å²) in [7, 11) is -3.04. The standard InChI is InChI=1S/C17H18ClN3O3S/c1-10-16-14(11-3-2-4-12(18)7-11)8-15(22)19-17(16)21(20-10)13-5-6-25(23,24)9-13/h2-4,7,13-14H,5-6,8-9H2,1H3,(H,19,22)/t13-,14+/m0/s1. The van der Waals surface area contributed by atoms with Gasteiger partial charge in [0.25, 0.3) is 0 Å². The smallest absolute Gasteiger partial charge is 0.226 e. The lowest BCUT2D eigenvalue weighted by Gasteiger charge is -2.25. The van der Waals surface area contributed by atoms with Crippen LogP contribution in [0.1, 0.15) is 41.6 Å². The molecule has 0 aliphatic carbocycles. The van der Waals surface area contributed by atoms with E-state index in [0.717, 1.165) is 16.8 Å². The Morgan fingerprint density at radius 1 is 1.36 bits per heavy atom. The lowest BCUT2D eigenvalue weighted by atomic mass is 9.86. The SMILES string of the molecule is Cc1nn([C@H]2CCS(=O)(=O)C2)c2c1[C@@H](c1cccc(Cl)c1)CC(=O)N2. The van der Waals surface area contributed by atoms with Crippen molar-refractivity contribution in [1.29, 1.82) is 0 Å². The normalized spacial score (nSPS) is 24.8. The lowest BCUT2D eigenvalue weighted by molar-refractivity contribution is -0.116. The number of rotatable bonds is 2. The number of sulfone groups is 1. The second-order valence-corrected chi connectivity index (χ2v) is 9.37. The van der Waals surface area contributed by atoms with E-state index in [1.807, 2.05) is 25.1 Å². The molecule has 25 heavy (non-hydrogen) atoms. The first kappa shape index (κ1) is 16.6. The van der Waals surface area contributed by atoms with E-state index in [1.54, 1.807) is 10.7 Å². The number of carbonyl (C=O) groups excluding carboxylic acids is 1. The van der Waals surface area contributed by atoms with E-state index in [2.05, 4.69) is 10.4 Å². The molecule has 2 aliphatic rings. The van der Waals surface area contributed by atoms with Gasteiger partial charge in [0.15, 0.2) is 9.84 Å². The number of aromatic nitrogens is 2. The lowest BCUT2D eigenvalue weighted by Crippen LogP contribution is -2.26. The van der Waals surface area contributed by atoms with Crippen LogP contribution >= 0.6 is 11.6 Å². The van der Waals surface area contributed by atoms with Crippen LogP contribution in [-0.4, -0.2) is 35.6 Å². The number of aryl methyl sites for hydroxylation is 1. The molecule has 0 bridgehead atoms. The number of benzene rings is 1. The Bertz CT molecular complexity index is 968. The van der Waals surface area contributed by atoms with Crippen molar-refractivity contribution in [3.63, 3.8) is 0 Å². The van der Waals surface area contributed by atoms with Crippen LogP contribution in [0.2, 0.25) is 5.02 Å². The summed E-state index contributed by atoms with van der Waals surface area (Å²) in [6, 6.07) is 7.26. The van der Waals surface area contributed by atoms with Crippen molar-refractivity contribution in [2.24, 2.45) is 0 Å². The fourth-order valence-corrected chi connectivity index (χ4v) is 5.70. The van der Waals surface area contributed by atoms with Crippen LogP contribution in [0.4, 0.5) is 5.82 Å². The molecular formula is C17H18ClN3O3S. The van der Waals surface area contributed by atoms with Crippen LogP contribution in [0.3, 0.4) is 0 Å². The maximum absolute atomic E-state index is 12.3. The minimum absolute atomic E-state index is 0.0677. The molecule has 1 aromatic heterocycles. The van der Waals surface area contributed by atoms with Crippen LogP contribution in [0, 0.1) is 6.92 Å². The van der Waals surface area contributed by atoms with Gasteiger partial charge in [0.1, 0.15) is 5.82 Å². The number of nitrogens with one attached hydrogen (secondary N) is 1. The molecule has 1 N–H and O–H groups in total. The molecule has 0 saturated carbocycles. The van der Waals surface area contributed by atoms with Gasteiger partial charge in [-0.2, -0.15) is 5.10 Å².